The number of hydrogen-bond acceptors (Lipinski definition) is 4. The zero-order chi connectivity index (χ0) is 14.7. The lowest BCUT2D eigenvalue weighted by Gasteiger charge is -2.35. The van der Waals surface area contributed by atoms with Gasteiger partial charge in [-0.25, -0.2) is 4.98 Å². The first-order chi connectivity index (χ1) is 9.52. The molecular formula is C15H20N4O. The van der Waals surface area contributed by atoms with E-state index in [1.54, 1.807) is 6.92 Å². The number of carbonyl (C=O) groups is 1. The van der Waals surface area contributed by atoms with E-state index in [-0.39, 0.29) is 5.91 Å². The Labute approximate surface area is 119 Å². The molecule has 1 fully saturated rings. The molecule has 1 amide bonds. The summed E-state index contributed by atoms with van der Waals surface area (Å²) in [6.07, 6.45) is 1.85. The Kier molecular flexibility index (Phi) is 4.23. The fourth-order valence-corrected chi connectivity index (χ4v) is 2.36. The van der Waals surface area contributed by atoms with Crippen LogP contribution in [-0.4, -0.2) is 42.0 Å². The SMILES string of the molecule is CC(=O)N1CCN(c2ncc(C(C)C)cc2C#N)CC1. The Balaban J connectivity index is 2.18. The third kappa shape index (κ3) is 2.90. The molecule has 0 spiro atoms. The summed E-state index contributed by atoms with van der Waals surface area (Å²) in [6.45, 7) is 8.59. The van der Waals surface area contributed by atoms with Gasteiger partial charge in [0.1, 0.15) is 11.9 Å². The van der Waals surface area contributed by atoms with Crippen molar-refractivity contribution in [3.05, 3.63) is 23.4 Å². The molecule has 0 radical (unpaired) electrons. The second kappa shape index (κ2) is 5.91. The lowest BCUT2D eigenvalue weighted by atomic mass is 10.0. The van der Waals surface area contributed by atoms with Crippen molar-refractivity contribution in [2.75, 3.05) is 31.1 Å². The van der Waals surface area contributed by atoms with E-state index in [1.807, 2.05) is 17.2 Å². The third-order valence-electron chi connectivity index (χ3n) is 3.70. The quantitative estimate of drug-likeness (QED) is 0.823. The number of piperazine rings is 1. The van der Waals surface area contributed by atoms with Gasteiger partial charge in [-0.2, -0.15) is 5.26 Å². The Bertz CT molecular complexity index is 539. The standard InChI is InChI=1S/C15H20N4O/c1-11(2)14-8-13(9-16)15(17-10-14)19-6-4-18(5-7-19)12(3)20/h8,10-11H,4-7H2,1-3H3. The van der Waals surface area contributed by atoms with Gasteiger partial charge in [-0.15, -0.1) is 0 Å². The maximum atomic E-state index is 11.3. The van der Waals surface area contributed by atoms with E-state index >= 15 is 0 Å². The molecule has 1 aliphatic rings. The Morgan fingerprint density at radius 3 is 2.50 bits per heavy atom. The number of nitriles is 1. The van der Waals surface area contributed by atoms with Crippen molar-refractivity contribution in [2.24, 2.45) is 0 Å². The largest absolute Gasteiger partial charge is 0.352 e. The molecule has 5 heteroatoms. The summed E-state index contributed by atoms with van der Waals surface area (Å²) < 4.78 is 0. The second-order valence-corrected chi connectivity index (χ2v) is 5.40. The molecule has 1 aromatic heterocycles. The number of hydrogen-bond donors (Lipinski definition) is 0. The van der Waals surface area contributed by atoms with E-state index < -0.39 is 0 Å². The van der Waals surface area contributed by atoms with Crippen molar-refractivity contribution in [2.45, 2.75) is 26.7 Å². The molecule has 2 rings (SSSR count). The van der Waals surface area contributed by atoms with Gasteiger partial charge in [-0.05, 0) is 17.5 Å². The minimum atomic E-state index is 0.105. The highest BCUT2D eigenvalue weighted by atomic mass is 16.2. The molecule has 0 N–H and O–H groups in total. The first kappa shape index (κ1) is 14.3. The van der Waals surface area contributed by atoms with Crippen molar-refractivity contribution >= 4 is 11.7 Å². The maximum Gasteiger partial charge on any atom is 0.219 e. The fraction of sp³-hybridized carbons (Fsp3) is 0.533. The summed E-state index contributed by atoms with van der Waals surface area (Å²) in [5, 5.41) is 9.31. The average molecular weight is 272 g/mol. The van der Waals surface area contributed by atoms with Crippen LogP contribution in [0.3, 0.4) is 0 Å². The molecule has 0 saturated carbocycles. The molecule has 20 heavy (non-hydrogen) atoms. The number of pyridine rings is 1. The van der Waals surface area contributed by atoms with Gasteiger partial charge in [0, 0.05) is 39.3 Å². The van der Waals surface area contributed by atoms with Crippen LogP contribution >= 0.6 is 0 Å². The van der Waals surface area contributed by atoms with Crippen molar-refractivity contribution in [1.82, 2.24) is 9.88 Å². The van der Waals surface area contributed by atoms with E-state index in [9.17, 15) is 10.1 Å². The van der Waals surface area contributed by atoms with E-state index in [1.165, 1.54) is 0 Å². The molecule has 0 aromatic carbocycles. The molecule has 1 aromatic rings. The van der Waals surface area contributed by atoms with Crippen LogP contribution in [0.2, 0.25) is 0 Å². The predicted molar refractivity (Wildman–Crippen MR) is 77.5 cm³/mol. The zero-order valence-electron chi connectivity index (χ0n) is 12.3. The van der Waals surface area contributed by atoms with Gasteiger partial charge in [0.05, 0.1) is 5.56 Å². The van der Waals surface area contributed by atoms with Crippen molar-refractivity contribution in [3.8, 4) is 6.07 Å². The van der Waals surface area contributed by atoms with Crippen LogP contribution in [0.25, 0.3) is 0 Å². The Morgan fingerprint density at radius 1 is 1.35 bits per heavy atom. The lowest BCUT2D eigenvalue weighted by molar-refractivity contribution is -0.129. The monoisotopic (exact) mass is 272 g/mol. The summed E-state index contributed by atoms with van der Waals surface area (Å²) in [7, 11) is 0. The highest BCUT2D eigenvalue weighted by molar-refractivity contribution is 5.73. The van der Waals surface area contributed by atoms with Gasteiger partial charge in [0.2, 0.25) is 5.91 Å². The minimum Gasteiger partial charge on any atom is -0.352 e. The fourth-order valence-electron chi connectivity index (χ4n) is 2.36. The number of rotatable bonds is 2. The summed E-state index contributed by atoms with van der Waals surface area (Å²) in [4.78, 5) is 19.7. The van der Waals surface area contributed by atoms with Gasteiger partial charge in [-0.3, -0.25) is 4.79 Å². The van der Waals surface area contributed by atoms with Crippen molar-refractivity contribution < 1.29 is 4.79 Å². The summed E-state index contributed by atoms with van der Waals surface area (Å²) in [6, 6.07) is 4.16. The summed E-state index contributed by atoms with van der Waals surface area (Å²) in [5.74, 6) is 1.20. The number of amides is 1. The van der Waals surface area contributed by atoms with E-state index in [2.05, 4.69) is 29.8 Å². The second-order valence-electron chi connectivity index (χ2n) is 5.40. The highest BCUT2D eigenvalue weighted by Gasteiger charge is 2.21. The van der Waals surface area contributed by atoms with Crippen LogP contribution < -0.4 is 4.90 Å². The number of anilines is 1. The molecule has 2 heterocycles. The van der Waals surface area contributed by atoms with Crippen molar-refractivity contribution in [3.63, 3.8) is 0 Å². The van der Waals surface area contributed by atoms with Gasteiger partial charge in [0.25, 0.3) is 0 Å². The van der Waals surface area contributed by atoms with Gasteiger partial charge >= 0.3 is 0 Å². The van der Waals surface area contributed by atoms with Gasteiger partial charge in [0.15, 0.2) is 0 Å². The highest BCUT2D eigenvalue weighted by Crippen LogP contribution is 2.23. The molecule has 106 valence electrons. The first-order valence-electron chi connectivity index (χ1n) is 6.93. The van der Waals surface area contributed by atoms with Crippen LogP contribution in [0.5, 0.6) is 0 Å². The van der Waals surface area contributed by atoms with E-state index in [0.717, 1.165) is 24.5 Å². The van der Waals surface area contributed by atoms with Crippen LogP contribution in [0.1, 0.15) is 37.8 Å². The lowest BCUT2D eigenvalue weighted by Crippen LogP contribution is -2.48. The molecular weight excluding hydrogens is 252 g/mol. The topological polar surface area (TPSA) is 60.2 Å². The first-order valence-corrected chi connectivity index (χ1v) is 6.93. The summed E-state index contributed by atoms with van der Waals surface area (Å²) >= 11 is 0. The molecule has 1 saturated heterocycles. The normalized spacial score (nSPS) is 15.3. The Hall–Kier alpha value is -2.09. The van der Waals surface area contributed by atoms with E-state index in [0.29, 0.717) is 24.6 Å². The third-order valence-corrected chi connectivity index (χ3v) is 3.70. The molecule has 1 aliphatic heterocycles. The molecule has 0 aliphatic carbocycles. The number of nitrogens with zero attached hydrogens (tertiary/aromatic N) is 4. The maximum absolute atomic E-state index is 11.3. The minimum absolute atomic E-state index is 0.105. The molecule has 0 atom stereocenters. The average Bonchev–Trinajstić information content (AvgIpc) is 2.46. The molecule has 5 nitrogen and oxygen atoms in total. The smallest absolute Gasteiger partial charge is 0.219 e. The number of carbonyl (C=O) groups excluding carboxylic acids is 1. The molecule has 0 bridgehead atoms. The predicted octanol–water partition coefficient (Wildman–Crippen LogP) is 1.75. The molecule has 0 unspecified atom stereocenters. The van der Waals surface area contributed by atoms with Crippen LogP contribution in [0, 0.1) is 11.3 Å². The van der Waals surface area contributed by atoms with Gasteiger partial charge in [-0.1, -0.05) is 13.8 Å². The summed E-state index contributed by atoms with van der Waals surface area (Å²) in [5.41, 5.74) is 1.69. The van der Waals surface area contributed by atoms with Crippen LogP contribution in [0.4, 0.5) is 5.82 Å². The van der Waals surface area contributed by atoms with E-state index in [4.69, 9.17) is 0 Å². The van der Waals surface area contributed by atoms with Crippen molar-refractivity contribution in [1.29, 1.82) is 5.26 Å². The van der Waals surface area contributed by atoms with Gasteiger partial charge < -0.3 is 9.80 Å². The van der Waals surface area contributed by atoms with Crippen LogP contribution in [-0.2, 0) is 4.79 Å². The Morgan fingerprint density at radius 2 is 2.00 bits per heavy atom. The zero-order valence-corrected chi connectivity index (χ0v) is 12.3. The number of aromatic nitrogens is 1. The van der Waals surface area contributed by atoms with Crippen LogP contribution in [0.15, 0.2) is 12.3 Å².